The Morgan fingerprint density at radius 2 is 1.48 bits per heavy atom. The lowest BCUT2D eigenvalue weighted by molar-refractivity contribution is -0.119. The Morgan fingerprint density at radius 1 is 0.889 bits per heavy atom. The lowest BCUT2D eigenvalue weighted by Gasteiger charge is -2.18. The van der Waals surface area contributed by atoms with Crippen LogP contribution in [0, 0.1) is 20.8 Å². The van der Waals surface area contributed by atoms with Crippen molar-refractivity contribution in [1.29, 1.82) is 0 Å². The second-order valence-corrected chi connectivity index (χ2v) is 6.98. The highest BCUT2D eigenvalue weighted by Gasteiger charge is 2.14. The molecule has 27 heavy (non-hydrogen) atoms. The number of hydrogen-bond acceptors (Lipinski definition) is 3. The first kappa shape index (κ1) is 20.6. The molecule has 2 aromatic rings. The molecule has 0 aliphatic rings. The van der Waals surface area contributed by atoms with Gasteiger partial charge in [0.25, 0.3) is 0 Å². The van der Waals surface area contributed by atoms with Crippen molar-refractivity contribution in [2.75, 3.05) is 30.8 Å². The van der Waals surface area contributed by atoms with Gasteiger partial charge in [-0.05, 0) is 62.6 Å². The Morgan fingerprint density at radius 3 is 2.15 bits per heavy atom. The summed E-state index contributed by atoms with van der Waals surface area (Å²) >= 11 is 0. The van der Waals surface area contributed by atoms with E-state index in [4.69, 9.17) is 0 Å². The normalized spacial score (nSPS) is 10.7. The third-order valence-electron chi connectivity index (χ3n) is 4.71. The largest absolute Gasteiger partial charge is 0.325 e. The Kier molecular flexibility index (Phi) is 7.13. The predicted octanol–water partition coefficient (Wildman–Crippen LogP) is 3.68. The summed E-state index contributed by atoms with van der Waals surface area (Å²) < 4.78 is 0. The Bertz CT molecular complexity index is 830. The molecule has 0 fully saturated rings. The summed E-state index contributed by atoms with van der Waals surface area (Å²) in [7, 11) is 1.76. The van der Waals surface area contributed by atoms with Gasteiger partial charge < -0.3 is 10.6 Å². The zero-order chi connectivity index (χ0) is 20.0. The number of rotatable bonds is 7. The summed E-state index contributed by atoms with van der Waals surface area (Å²) in [5, 5.41) is 5.91. The van der Waals surface area contributed by atoms with Crippen LogP contribution in [0.15, 0.2) is 36.4 Å². The van der Waals surface area contributed by atoms with Gasteiger partial charge in [-0.1, -0.05) is 37.3 Å². The number of benzene rings is 2. The van der Waals surface area contributed by atoms with E-state index < -0.39 is 0 Å². The first-order valence-electron chi connectivity index (χ1n) is 9.24. The van der Waals surface area contributed by atoms with E-state index in [1.54, 1.807) is 11.9 Å². The van der Waals surface area contributed by atoms with Crippen LogP contribution < -0.4 is 10.6 Å². The predicted molar refractivity (Wildman–Crippen MR) is 111 cm³/mol. The minimum atomic E-state index is -0.135. The van der Waals surface area contributed by atoms with E-state index in [0.717, 1.165) is 40.0 Å². The molecule has 5 heteroatoms. The van der Waals surface area contributed by atoms with Gasteiger partial charge in [0.2, 0.25) is 11.8 Å². The molecule has 0 saturated carbocycles. The molecule has 0 aliphatic carbocycles. The number of likely N-dealkylation sites (N-methyl/N-ethyl adjacent to an activating group) is 1. The Balaban J connectivity index is 1.91. The Labute approximate surface area is 161 Å². The van der Waals surface area contributed by atoms with Crippen LogP contribution in [0.25, 0.3) is 0 Å². The molecule has 0 spiro atoms. The number of aryl methyl sites for hydroxylation is 3. The molecule has 0 aromatic heterocycles. The van der Waals surface area contributed by atoms with Crippen LogP contribution in [0.1, 0.15) is 29.2 Å². The van der Waals surface area contributed by atoms with E-state index in [2.05, 4.69) is 17.6 Å². The monoisotopic (exact) mass is 367 g/mol. The van der Waals surface area contributed by atoms with Crippen LogP contribution >= 0.6 is 0 Å². The maximum absolute atomic E-state index is 12.4. The van der Waals surface area contributed by atoms with Gasteiger partial charge >= 0.3 is 0 Å². The molecule has 144 valence electrons. The first-order valence-corrected chi connectivity index (χ1v) is 9.24. The molecule has 2 N–H and O–H groups in total. The average molecular weight is 367 g/mol. The quantitative estimate of drug-likeness (QED) is 0.785. The topological polar surface area (TPSA) is 61.4 Å². The average Bonchev–Trinajstić information content (AvgIpc) is 2.60. The second kappa shape index (κ2) is 9.33. The van der Waals surface area contributed by atoms with Gasteiger partial charge in [0, 0.05) is 11.4 Å². The van der Waals surface area contributed by atoms with Gasteiger partial charge in [-0.2, -0.15) is 0 Å². The van der Waals surface area contributed by atoms with E-state index in [-0.39, 0.29) is 24.9 Å². The number of anilines is 2. The molecule has 0 unspecified atom stereocenters. The molecule has 0 radical (unpaired) electrons. The number of amides is 2. The van der Waals surface area contributed by atoms with Gasteiger partial charge in [0.15, 0.2) is 0 Å². The van der Waals surface area contributed by atoms with E-state index in [0.29, 0.717) is 0 Å². The molecule has 0 bridgehead atoms. The minimum Gasteiger partial charge on any atom is -0.325 e. The van der Waals surface area contributed by atoms with Crippen molar-refractivity contribution in [1.82, 2.24) is 4.90 Å². The second-order valence-electron chi connectivity index (χ2n) is 6.98. The summed E-state index contributed by atoms with van der Waals surface area (Å²) in [4.78, 5) is 26.4. The standard InChI is InChI=1S/C22H29N3O2/c1-6-18-11-7-10-16(3)22(18)24-21(27)14-25(5)13-20(26)23-19-12-8-9-15(2)17(19)4/h7-12H,6,13-14H2,1-5H3,(H,23,26)(H,24,27). The van der Waals surface area contributed by atoms with Crippen LogP contribution in [0.5, 0.6) is 0 Å². The zero-order valence-electron chi connectivity index (χ0n) is 16.8. The van der Waals surface area contributed by atoms with Gasteiger partial charge in [0.1, 0.15) is 0 Å². The molecule has 5 nitrogen and oxygen atoms in total. The highest BCUT2D eigenvalue weighted by atomic mass is 16.2. The fraction of sp³-hybridized carbons (Fsp3) is 0.364. The van der Waals surface area contributed by atoms with Crippen molar-refractivity contribution >= 4 is 23.2 Å². The van der Waals surface area contributed by atoms with E-state index in [1.807, 2.05) is 57.2 Å². The number of nitrogens with zero attached hydrogens (tertiary/aromatic N) is 1. The summed E-state index contributed by atoms with van der Waals surface area (Å²) in [5.41, 5.74) is 6.02. The fourth-order valence-corrected chi connectivity index (χ4v) is 3.00. The third-order valence-corrected chi connectivity index (χ3v) is 4.71. The highest BCUT2D eigenvalue weighted by molar-refractivity contribution is 5.95. The molecule has 0 aliphatic heterocycles. The number of hydrogen-bond donors (Lipinski definition) is 2. The van der Waals surface area contributed by atoms with Crippen LogP contribution in [-0.4, -0.2) is 36.9 Å². The number of carbonyl (C=O) groups excluding carboxylic acids is 2. The van der Waals surface area contributed by atoms with Crippen LogP contribution in [0.4, 0.5) is 11.4 Å². The SMILES string of the molecule is CCc1cccc(C)c1NC(=O)CN(C)CC(=O)Nc1cccc(C)c1C. The molecule has 0 heterocycles. The third kappa shape index (κ3) is 5.66. The molecular weight excluding hydrogens is 338 g/mol. The summed E-state index contributed by atoms with van der Waals surface area (Å²) in [6, 6.07) is 11.8. The van der Waals surface area contributed by atoms with E-state index >= 15 is 0 Å². The lowest BCUT2D eigenvalue weighted by atomic mass is 10.1. The van der Waals surface area contributed by atoms with Crippen LogP contribution in [0.3, 0.4) is 0 Å². The van der Waals surface area contributed by atoms with Crippen LogP contribution in [0.2, 0.25) is 0 Å². The zero-order valence-corrected chi connectivity index (χ0v) is 16.8. The van der Waals surface area contributed by atoms with E-state index in [9.17, 15) is 9.59 Å². The minimum absolute atomic E-state index is 0.124. The maximum Gasteiger partial charge on any atom is 0.238 e. The van der Waals surface area contributed by atoms with Crippen molar-refractivity contribution in [3.63, 3.8) is 0 Å². The van der Waals surface area contributed by atoms with E-state index in [1.165, 1.54) is 0 Å². The first-order chi connectivity index (χ1) is 12.8. The van der Waals surface area contributed by atoms with Crippen molar-refractivity contribution in [2.24, 2.45) is 0 Å². The van der Waals surface area contributed by atoms with Crippen molar-refractivity contribution in [2.45, 2.75) is 34.1 Å². The molecule has 2 rings (SSSR count). The Hall–Kier alpha value is -2.66. The lowest BCUT2D eigenvalue weighted by Crippen LogP contribution is -2.36. The van der Waals surface area contributed by atoms with Gasteiger partial charge in [-0.3, -0.25) is 14.5 Å². The summed E-state index contributed by atoms with van der Waals surface area (Å²) in [6.45, 7) is 8.34. The van der Waals surface area contributed by atoms with Gasteiger partial charge in [-0.25, -0.2) is 0 Å². The number of para-hydroxylation sites is 1. The fourth-order valence-electron chi connectivity index (χ4n) is 3.00. The van der Waals surface area contributed by atoms with Gasteiger partial charge in [0.05, 0.1) is 13.1 Å². The summed E-state index contributed by atoms with van der Waals surface area (Å²) in [6.07, 6.45) is 0.853. The van der Waals surface area contributed by atoms with Crippen molar-refractivity contribution in [3.05, 3.63) is 58.7 Å². The maximum atomic E-state index is 12.4. The molecule has 0 saturated heterocycles. The van der Waals surface area contributed by atoms with Gasteiger partial charge in [-0.15, -0.1) is 0 Å². The van der Waals surface area contributed by atoms with Crippen molar-refractivity contribution in [3.8, 4) is 0 Å². The highest BCUT2D eigenvalue weighted by Crippen LogP contribution is 2.21. The number of carbonyl (C=O) groups is 2. The molecule has 2 amide bonds. The summed E-state index contributed by atoms with van der Waals surface area (Å²) in [5.74, 6) is -0.259. The molecule has 2 aromatic carbocycles. The number of nitrogens with one attached hydrogen (secondary N) is 2. The molecular formula is C22H29N3O2. The van der Waals surface area contributed by atoms with Crippen molar-refractivity contribution < 1.29 is 9.59 Å². The molecule has 0 atom stereocenters. The van der Waals surface area contributed by atoms with Crippen LogP contribution in [-0.2, 0) is 16.0 Å². The smallest absolute Gasteiger partial charge is 0.238 e.